The predicted molar refractivity (Wildman–Crippen MR) is 128 cm³/mol. The number of amides is 2. The fourth-order valence-corrected chi connectivity index (χ4v) is 4.87. The van der Waals surface area contributed by atoms with Crippen LogP contribution in [-0.2, 0) is 9.59 Å². The molecule has 1 aromatic heterocycles. The minimum absolute atomic E-state index is 0.0577. The minimum Gasteiger partial charge on any atom is -0.368 e. The molecule has 3 heterocycles. The first-order valence-corrected chi connectivity index (χ1v) is 11.4. The maximum Gasteiger partial charge on any atom is 0.248 e. The lowest BCUT2D eigenvalue weighted by atomic mass is 10.1. The van der Waals surface area contributed by atoms with Crippen molar-refractivity contribution in [1.82, 2.24) is 14.5 Å². The fraction of sp³-hybridized carbons (Fsp3) is 0.304. The molecule has 1 saturated heterocycles. The van der Waals surface area contributed by atoms with Crippen LogP contribution in [0, 0.1) is 4.77 Å². The summed E-state index contributed by atoms with van der Waals surface area (Å²) in [5.41, 5.74) is 1.86. The molecule has 1 unspecified atom stereocenters. The Morgan fingerprint density at radius 2 is 1.81 bits per heavy atom. The first kappa shape index (κ1) is 20.9. The van der Waals surface area contributed by atoms with Gasteiger partial charge in [-0.1, -0.05) is 23.7 Å². The van der Waals surface area contributed by atoms with E-state index in [9.17, 15) is 9.59 Å². The number of para-hydroxylation sites is 1. The van der Waals surface area contributed by atoms with Gasteiger partial charge in [-0.2, -0.15) is 0 Å². The van der Waals surface area contributed by atoms with Crippen LogP contribution in [0.2, 0.25) is 5.02 Å². The van der Waals surface area contributed by atoms with Crippen LogP contribution in [0.5, 0.6) is 0 Å². The first-order chi connectivity index (χ1) is 15.5. The van der Waals surface area contributed by atoms with Crippen molar-refractivity contribution in [3.8, 4) is 0 Å². The number of piperazine rings is 1. The molecule has 0 bridgehead atoms. The van der Waals surface area contributed by atoms with E-state index in [0.717, 1.165) is 29.7 Å². The lowest BCUT2D eigenvalue weighted by molar-refractivity contribution is -0.131. The van der Waals surface area contributed by atoms with E-state index in [4.69, 9.17) is 23.8 Å². The Hall–Kier alpha value is -2.97. The molecule has 0 saturated carbocycles. The number of carbonyl (C=O) groups excluding carboxylic acids is 2. The van der Waals surface area contributed by atoms with E-state index in [2.05, 4.69) is 15.2 Å². The summed E-state index contributed by atoms with van der Waals surface area (Å²) in [5.74, 6) is 0.580. The molecule has 0 spiro atoms. The molecule has 0 radical (unpaired) electrons. The number of benzene rings is 2. The summed E-state index contributed by atoms with van der Waals surface area (Å²) in [5, 5.41) is 4.50. The summed E-state index contributed by atoms with van der Waals surface area (Å²) in [7, 11) is 0. The van der Waals surface area contributed by atoms with Crippen molar-refractivity contribution in [2.24, 2.45) is 0 Å². The summed E-state index contributed by atoms with van der Waals surface area (Å²) in [6, 6.07) is 14.8. The van der Waals surface area contributed by atoms with E-state index < -0.39 is 6.04 Å². The molecular weight excluding hydrogens is 446 g/mol. The number of halogens is 1. The third-order valence-corrected chi connectivity index (χ3v) is 6.67. The van der Waals surface area contributed by atoms with Gasteiger partial charge >= 0.3 is 0 Å². The van der Waals surface area contributed by atoms with Gasteiger partial charge in [0.25, 0.3) is 0 Å². The van der Waals surface area contributed by atoms with Crippen molar-refractivity contribution >= 4 is 58.0 Å². The van der Waals surface area contributed by atoms with Crippen LogP contribution in [0.3, 0.4) is 0 Å². The Balaban J connectivity index is 1.24. The van der Waals surface area contributed by atoms with Crippen molar-refractivity contribution in [3.05, 3.63) is 58.3 Å². The molecule has 2 aliphatic heterocycles. The van der Waals surface area contributed by atoms with Gasteiger partial charge in [-0.05, 0) is 55.0 Å². The van der Waals surface area contributed by atoms with Crippen LogP contribution in [0.25, 0.3) is 10.9 Å². The monoisotopic (exact) mass is 467 g/mol. The Labute approximate surface area is 195 Å². The van der Waals surface area contributed by atoms with E-state index in [1.54, 1.807) is 4.57 Å². The van der Waals surface area contributed by atoms with E-state index in [0.29, 0.717) is 35.1 Å². The Bertz CT molecular complexity index is 1250. The topological polar surface area (TPSA) is 70.5 Å². The number of carbonyl (C=O) groups is 2. The average molecular weight is 468 g/mol. The van der Waals surface area contributed by atoms with Gasteiger partial charge in [0, 0.05) is 48.7 Å². The second-order valence-electron chi connectivity index (χ2n) is 8.02. The summed E-state index contributed by atoms with van der Waals surface area (Å²) in [6.07, 6.45) is 0.677. The van der Waals surface area contributed by atoms with Gasteiger partial charge in [0.15, 0.2) is 0 Å². The number of nitrogens with one attached hydrogen (secondary N) is 1. The van der Waals surface area contributed by atoms with Crippen LogP contribution < -0.4 is 10.2 Å². The standard InChI is InChI=1S/C23H22ClN5O2S/c24-15-5-7-16(8-6-15)27-11-13-28(14-12-27)20(30)10-9-19-22(31)26-21-17-3-1-2-4-18(17)25-23(32)29(19)21/h1-8,19H,9-14H2,(H,26,31). The van der Waals surface area contributed by atoms with Crippen molar-refractivity contribution < 1.29 is 9.59 Å². The third-order valence-electron chi connectivity index (χ3n) is 6.13. The molecule has 9 heteroatoms. The maximum atomic E-state index is 12.9. The number of fused-ring (bicyclic) bond motifs is 3. The largest absolute Gasteiger partial charge is 0.368 e. The average Bonchev–Trinajstić information content (AvgIpc) is 3.15. The number of rotatable bonds is 4. The van der Waals surface area contributed by atoms with Crippen LogP contribution in [-0.4, -0.2) is 52.4 Å². The zero-order chi connectivity index (χ0) is 22.2. The van der Waals surface area contributed by atoms with Gasteiger partial charge in [-0.15, -0.1) is 0 Å². The minimum atomic E-state index is -0.520. The normalized spacial score (nSPS) is 18.0. The highest BCUT2D eigenvalue weighted by Gasteiger charge is 2.33. The van der Waals surface area contributed by atoms with Crippen LogP contribution in [0.1, 0.15) is 18.9 Å². The van der Waals surface area contributed by atoms with Crippen molar-refractivity contribution in [1.29, 1.82) is 0 Å². The van der Waals surface area contributed by atoms with Gasteiger partial charge in [0.1, 0.15) is 11.9 Å². The van der Waals surface area contributed by atoms with Gasteiger partial charge < -0.3 is 15.1 Å². The first-order valence-electron chi connectivity index (χ1n) is 10.6. The van der Waals surface area contributed by atoms with Crippen molar-refractivity contribution in [3.63, 3.8) is 0 Å². The summed E-state index contributed by atoms with van der Waals surface area (Å²) in [6.45, 7) is 2.84. The Morgan fingerprint density at radius 1 is 1.09 bits per heavy atom. The summed E-state index contributed by atoms with van der Waals surface area (Å²) >= 11 is 11.4. The molecule has 2 aliphatic rings. The maximum absolute atomic E-state index is 12.9. The molecule has 5 rings (SSSR count). The van der Waals surface area contributed by atoms with E-state index in [-0.39, 0.29) is 18.2 Å². The van der Waals surface area contributed by atoms with Gasteiger partial charge in [-0.3, -0.25) is 14.2 Å². The zero-order valence-electron chi connectivity index (χ0n) is 17.3. The van der Waals surface area contributed by atoms with Crippen LogP contribution in [0.15, 0.2) is 48.5 Å². The molecule has 2 aromatic carbocycles. The molecule has 2 amide bonds. The molecule has 1 atom stereocenters. The second kappa shape index (κ2) is 8.52. The number of aromatic nitrogens is 2. The lowest BCUT2D eigenvalue weighted by Gasteiger charge is -2.36. The smallest absolute Gasteiger partial charge is 0.248 e. The predicted octanol–water partition coefficient (Wildman–Crippen LogP) is 4.04. The highest BCUT2D eigenvalue weighted by Crippen LogP contribution is 2.33. The van der Waals surface area contributed by atoms with Gasteiger partial charge in [0.05, 0.1) is 5.52 Å². The number of hydrogen-bond acceptors (Lipinski definition) is 5. The molecule has 0 aliphatic carbocycles. The van der Waals surface area contributed by atoms with E-state index in [1.807, 2.05) is 53.4 Å². The summed E-state index contributed by atoms with van der Waals surface area (Å²) in [4.78, 5) is 34.1. The highest BCUT2D eigenvalue weighted by atomic mass is 35.5. The number of hydrogen-bond donors (Lipinski definition) is 1. The van der Waals surface area contributed by atoms with Gasteiger partial charge in [0.2, 0.25) is 16.6 Å². The molecule has 164 valence electrons. The van der Waals surface area contributed by atoms with Crippen LogP contribution >= 0.6 is 23.8 Å². The van der Waals surface area contributed by atoms with E-state index in [1.165, 1.54) is 0 Å². The quantitative estimate of drug-likeness (QED) is 0.586. The Kier molecular flexibility index (Phi) is 5.57. The molecule has 1 fully saturated rings. The van der Waals surface area contributed by atoms with Crippen molar-refractivity contribution in [2.45, 2.75) is 18.9 Å². The van der Waals surface area contributed by atoms with Gasteiger partial charge in [-0.25, -0.2) is 4.98 Å². The SMILES string of the molecule is O=C1Nc2c3ccccc3nc(=S)n2C1CCC(=O)N1CCN(c2ccc(Cl)cc2)CC1. The van der Waals surface area contributed by atoms with E-state index >= 15 is 0 Å². The molecule has 3 aromatic rings. The fourth-order valence-electron chi connectivity index (χ4n) is 4.43. The zero-order valence-corrected chi connectivity index (χ0v) is 18.9. The molecule has 7 nitrogen and oxygen atoms in total. The van der Waals surface area contributed by atoms with Crippen LogP contribution in [0.4, 0.5) is 11.5 Å². The molecule has 1 N–H and O–H groups in total. The molecular formula is C23H22ClN5O2S. The summed E-state index contributed by atoms with van der Waals surface area (Å²) < 4.78 is 2.11. The van der Waals surface area contributed by atoms with Crippen molar-refractivity contribution in [2.75, 3.05) is 36.4 Å². The highest BCUT2D eigenvalue weighted by molar-refractivity contribution is 7.71. The number of anilines is 2. The third kappa shape index (κ3) is 3.84. The Morgan fingerprint density at radius 3 is 2.56 bits per heavy atom. The molecule has 32 heavy (non-hydrogen) atoms. The number of nitrogens with zero attached hydrogens (tertiary/aromatic N) is 4. The lowest BCUT2D eigenvalue weighted by Crippen LogP contribution is -2.48. The second-order valence-corrected chi connectivity index (χ2v) is 8.82.